The third kappa shape index (κ3) is 5.41. The quantitative estimate of drug-likeness (QED) is 0.750. The summed E-state index contributed by atoms with van der Waals surface area (Å²) in [6.07, 6.45) is 0. The Morgan fingerprint density at radius 1 is 1.17 bits per heavy atom. The summed E-state index contributed by atoms with van der Waals surface area (Å²) < 4.78 is 0. The van der Waals surface area contributed by atoms with Crippen LogP contribution in [0.4, 0.5) is 5.69 Å². The Balaban J connectivity index is 1.88. The van der Waals surface area contributed by atoms with E-state index >= 15 is 0 Å². The molecule has 1 N–H and O–H groups in total. The Bertz CT molecular complexity index is 700. The van der Waals surface area contributed by atoms with Crippen molar-refractivity contribution in [3.63, 3.8) is 0 Å². The predicted molar refractivity (Wildman–Crippen MR) is 97.4 cm³/mol. The zero-order chi connectivity index (χ0) is 16.8. The Kier molecular flexibility index (Phi) is 6.25. The first-order valence-electron chi connectivity index (χ1n) is 7.23. The number of rotatable bonds is 6. The molecule has 0 aromatic heterocycles. The van der Waals surface area contributed by atoms with Crippen molar-refractivity contribution in [1.82, 2.24) is 0 Å². The van der Waals surface area contributed by atoms with Crippen LogP contribution in [0.15, 0.2) is 48.5 Å². The van der Waals surface area contributed by atoms with Gasteiger partial charge in [0.1, 0.15) is 0 Å². The smallest absolute Gasteiger partial charge is 0.234 e. The summed E-state index contributed by atoms with van der Waals surface area (Å²) in [4.78, 5) is 23.4. The molecule has 1 atom stereocenters. The zero-order valence-corrected chi connectivity index (χ0v) is 14.6. The molecule has 1 amide bonds. The average molecular weight is 348 g/mol. The summed E-state index contributed by atoms with van der Waals surface area (Å²) in [5.74, 6) is 0.233. The van der Waals surface area contributed by atoms with Crippen LogP contribution in [0.3, 0.4) is 0 Å². The molecule has 5 heteroatoms. The molecular weight excluding hydrogens is 330 g/mol. The number of anilines is 1. The van der Waals surface area contributed by atoms with E-state index in [0.29, 0.717) is 22.0 Å². The summed E-state index contributed by atoms with van der Waals surface area (Å²) >= 11 is 7.43. The Morgan fingerprint density at radius 2 is 1.87 bits per heavy atom. The molecule has 0 radical (unpaired) electrons. The number of ketones is 1. The van der Waals surface area contributed by atoms with E-state index in [1.54, 1.807) is 36.0 Å². The molecule has 0 aliphatic carbocycles. The second-order valence-electron chi connectivity index (χ2n) is 5.19. The van der Waals surface area contributed by atoms with Crippen molar-refractivity contribution >= 4 is 40.7 Å². The Hall–Kier alpha value is -1.78. The van der Waals surface area contributed by atoms with Crippen LogP contribution < -0.4 is 5.32 Å². The molecule has 0 saturated carbocycles. The summed E-state index contributed by atoms with van der Waals surface area (Å²) in [5, 5.41) is 3.72. The van der Waals surface area contributed by atoms with Gasteiger partial charge in [0, 0.05) is 21.5 Å². The van der Waals surface area contributed by atoms with Gasteiger partial charge >= 0.3 is 0 Å². The summed E-state index contributed by atoms with van der Waals surface area (Å²) in [6.45, 7) is 3.56. The number of amides is 1. The number of thioether (sulfide) groups is 1. The molecule has 0 bridgehead atoms. The van der Waals surface area contributed by atoms with Gasteiger partial charge in [0.15, 0.2) is 5.78 Å². The number of benzene rings is 2. The number of hydrogen-bond donors (Lipinski definition) is 1. The van der Waals surface area contributed by atoms with Gasteiger partial charge in [-0.3, -0.25) is 9.59 Å². The molecule has 0 aliphatic rings. The normalized spacial score (nSPS) is 11.8. The summed E-state index contributed by atoms with van der Waals surface area (Å²) in [5.41, 5.74) is 2.36. The van der Waals surface area contributed by atoms with E-state index in [1.807, 2.05) is 24.3 Å². The number of halogens is 1. The van der Waals surface area contributed by atoms with Crippen molar-refractivity contribution in [2.45, 2.75) is 19.1 Å². The van der Waals surface area contributed by atoms with Crippen LogP contribution in [0.2, 0.25) is 5.02 Å². The van der Waals surface area contributed by atoms with Gasteiger partial charge in [0.05, 0.1) is 5.75 Å². The lowest BCUT2D eigenvalue weighted by Crippen LogP contribution is -2.15. The predicted octanol–water partition coefficient (Wildman–Crippen LogP) is 4.98. The van der Waals surface area contributed by atoms with Gasteiger partial charge in [-0.25, -0.2) is 0 Å². The van der Waals surface area contributed by atoms with Gasteiger partial charge in [-0.2, -0.15) is 0 Å². The fraction of sp³-hybridized carbons (Fsp3) is 0.222. The Labute approximate surface area is 145 Å². The van der Waals surface area contributed by atoms with Crippen molar-refractivity contribution in [3.8, 4) is 0 Å². The van der Waals surface area contributed by atoms with Crippen molar-refractivity contribution in [3.05, 3.63) is 64.7 Å². The third-order valence-electron chi connectivity index (χ3n) is 3.36. The van der Waals surface area contributed by atoms with Crippen molar-refractivity contribution < 1.29 is 9.59 Å². The molecular formula is C18H18ClNO2S. The second kappa shape index (κ2) is 8.18. The van der Waals surface area contributed by atoms with E-state index in [9.17, 15) is 9.59 Å². The first-order valence-corrected chi connectivity index (χ1v) is 8.66. The van der Waals surface area contributed by atoms with Crippen molar-refractivity contribution in [1.29, 1.82) is 0 Å². The van der Waals surface area contributed by atoms with E-state index in [2.05, 4.69) is 12.2 Å². The van der Waals surface area contributed by atoms with Gasteiger partial charge in [-0.15, -0.1) is 11.8 Å². The van der Waals surface area contributed by atoms with Crippen LogP contribution in [0.25, 0.3) is 0 Å². The molecule has 0 aliphatic heterocycles. The fourth-order valence-electron chi connectivity index (χ4n) is 2.04. The monoisotopic (exact) mass is 347 g/mol. The van der Waals surface area contributed by atoms with E-state index in [0.717, 1.165) is 5.56 Å². The SMILES string of the molecule is CC(=O)c1cccc(NC(=O)CSC(C)c2ccc(Cl)cc2)c1. The average Bonchev–Trinajstić information content (AvgIpc) is 2.53. The van der Waals surface area contributed by atoms with Gasteiger partial charge in [-0.1, -0.05) is 35.9 Å². The molecule has 0 fully saturated rings. The number of Topliss-reactive ketones (excluding diaryl/α,β-unsaturated/α-hetero) is 1. The summed E-state index contributed by atoms with van der Waals surface area (Å²) in [6, 6.07) is 14.6. The van der Waals surface area contributed by atoms with Crippen LogP contribution in [0.1, 0.15) is 35.0 Å². The minimum Gasteiger partial charge on any atom is -0.325 e. The Morgan fingerprint density at radius 3 is 2.52 bits per heavy atom. The van der Waals surface area contributed by atoms with E-state index < -0.39 is 0 Å². The number of nitrogens with one attached hydrogen (secondary N) is 1. The molecule has 0 spiro atoms. The van der Waals surface area contributed by atoms with Crippen molar-refractivity contribution in [2.75, 3.05) is 11.1 Å². The topological polar surface area (TPSA) is 46.2 Å². The molecule has 2 aromatic rings. The lowest BCUT2D eigenvalue weighted by molar-refractivity contribution is -0.113. The minimum absolute atomic E-state index is 0.0214. The molecule has 120 valence electrons. The maximum absolute atomic E-state index is 12.0. The highest BCUT2D eigenvalue weighted by molar-refractivity contribution is 8.00. The number of carbonyl (C=O) groups excluding carboxylic acids is 2. The standard InChI is InChI=1S/C18H18ClNO2S/c1-12(21)15-4-3-5-17(10-15)20-18(22)11-23-13(2)14-6-8-16(19)9-7-14/h3-10,13H,11H2,1-2H3,(H,20,22). The first-order chi connectivity index (χ1) is 11.0. The van der Waals surface area contributed by atoms with Gasteiger partial charge in [0.25, 0.3) is 0 Å². The maximum atomic E-state index is 12.0. The van der Waals surface area contributed by atoms with Crippen LogP contribution in [-0.2, 0) is 4.79 Å². The van der Waals surface area contributed by atoms with E-state index in [4.69, 9.17) is 11.6 Å². The van der Waals surface area contributed by atoms with Crippen LogP contribution in [0.5, 0.6) is 0 Å². The van der Waals surface area contributed by atoms with Gasteiger partial charge < -0.3 is 5.32 Å². The van der Waals surface area contributed by atoms with Crippen LogP contribution in [-0.4, -0.2) is 17.4 Å². The van der Waals surface area contributed by atoms with E-state index in [-0.39, 0.29) is 16.9 Å². The fourth-order valence-corrected chi connectivity index (χ4v) is 2.99. The molecule has 23 heavy (non-hydrogen) atoms. The highest BCUT2D eigenvalue weighted by Crippen LogP contribution is 2.28. The van der Waals surface area contributed by atoms with E-state index in [1.165, 1.54) is 6.92 Å². The largest absolute Gasteiger partial charge is 0.325 e. The summed E-state index contributed by atoms with van der Waals surface area (Å²) in [7, 11) is 0. The van der Waals surface area contributed by atoms with Gasteiger partial charge in [-0.05, 0) is 43.7 Å². The maximum Gasteiger partial charge on any atom is 0.234 e. The molecule has 1 unspecified atom stereocenters. The van der Waals surface area contributed by atoms with Gasteiger partial charge in [0.2, 0.25) is 5.91 Å². The minimum atomic E-state index is -0.0866. The molecule has 0 saturated heterocycles. The highest BCUT2D eigenvalue weighted by atomic mass is 35.5. The molecule has 0 heterocycles. The number of carbonyl (C=O) groups is 2. The van der Waals surface area contributed by atoms with Crippen LogP contribution in [0, 0.1) is 0 Å². The van der Waals surface area contributed by atoms with Crippen molar-refractivity contribution in [2.24, 2.45) is 0 Å². The third-order valence-corrected chi connectivity index (χ3v) is 4.81. The lowest BCUT2D eigenvalue weighted by Gasteiger charge is -2.12. The lowest BCUT2D eigenvalue weighted by atomic mass is 10.1. The number of hydrogen-bond acceptors (Lipinski definition) is 3. The highest BCUT2D eigenvalue weighted by Gasteiger charge is 2.10. The second-order valence-corrected chi connectivity index (χ2v) is 6.96. The molecule has 3 nitrogen and oxygen atoms in total. The van der Waals surface area contributed by atoms with Crippen LogP contribution >= 0.6 is 23.4 Å². The molecule has 2 rings (SSSR count). The molecule has 2 aromatic carbocycles. The first kappa shape index (κ1) is 17.6. The zero-order valence-electron chi connectivity index (χ0n) is 13.0.